The number of nitrogens with zero attached hydrogens (tertiary/aromatic N) is 1. The van der Waals surface area contributed by atoms with Gasteiger partial charge in [0.2, 0.25) is 0 Å². The van der Waals surface area contributed by atoms with Crippen LogP contribution in [0.4, 0.5) is 11.4 Å². The van der Waals surface area contributed by atoms with Crippen molar-refractivity contribution in [2.24, 2.45) is 0 Å². The Balaban J connectivity index is 1.58. The molecule has 0 aliphatic rings. The Labute approximate surface area is 178 Å². The third-order valence-corrected chi connectivity index (χ3v) is 4.35. The van der Waals surface area contributed by atoms with E-state index >= 15 is 0 Å². The third-order valence-electron chi connectivity index (χ3n) is 4.35. The molecule has 0 bridgehead atoms. The van der Waals surface area contributed by atoms with E-state index in [4.69, 9.17) is 9.47 Å². The first kappa shape index (κ1) is 21.5. The van der Waals surface area contributed by atoms with E-state index in [0.29, 0.717) is 5.75 Å². The fraction of sp³-hybridized carbons (Fsp3) is 0.130. The summed E-state index contributed by atoms with van der Waals surface area (Å²) in [5, 5.41) is 13.5. The summed E-state index contributed by atoms with van der Waals surface area (Å²) in [5.74, 6) is -0.928. The van der Waals surface area contributed by atoms with Gasteiger partial charge in [-0.3, -0.25) is 14.9 Å². The molecule has 158 valence electrons. The van der Waals surface area contributed by atoms with Crippen LogP contribution in [-0.2, 0) is 14.3 Å². The minimum Gasteiger partial charge on any atom is -0.481 e. The van der Waals surface area contributed by atoms with Gasteiger partial charge in [0.15, 0.2) is 12.7 Å². The molecule has 3 aromatic carbocycles. The fourth-order valence-corrected chi connectivity index (χ4v) is 2.84. The summed E-state index contributed by atoms with van der Waals surface area (Å²) in [6, 6.07) is 22.5. The minimum absolute atomic E-state index is 0.0217. The molecular weight excluding hydrogens is 400 g/mol. The van der Waals surface area contributed by atoms with Crippen molar-refractivity contribution in [3.63, 3.8) is 0 Å². The standard InChI is InChI=1S/C23H20N2O6/c1-16(23(27)24-19-12-6-7-13-20(19)25(28)29)31-22(26)15-30-21-14-8-5-11-18(21)17-9-3-2-4-10-17/h2-14,16H,15H2,1H3,(H,24,27). The van der Waals surface area contributed by atoms with Crippen LogP contribution in [0.25, 0.3) is 11.1 Å². The monoisotopic (exact) mass is 420 g/mol. The van der Waals surface area contributed by atoms with Crippen molar-refractivity contribution in [1.29, 1.82) is 0 Å². The molecule has 8 heteroatoms. The maximum absolute atomic E-state index is 12.3. The Morgan fingerprint density at radius 3 is 2.35 bits per heavy atom. The molecule has 3 aromatic rings. The fourth-order valence-electron chi connectivity index (χ4n) is 2.84. The number of nitrogens with one attached hydrogen (secondary N) is 1. The molecular formula is C23H20N2O6. The average molecular weight is 420 g/mol. The van der Waals surface area contributed by atoms with E-state index in [9.17, 15) is 19.7 Å². The number of carbonyl (C=O) groups is 2. The van der Waals surface area contributed by atoms with E-state index in [1.54, 1.807) is 18.2 Å². The summed E-state index contributed by atoms with van der Waals surface area (Å²) in [6.07, 6.45) is -1.17. The van der Waals surface area contributed by atoms with Crippen LogP contribution in [0.3, 0.4) is 0 Å². The molecule has 0 aromatic heterocycles. The predicted molar refractivity (Wildman–Crippen MR) is 115 cm³/mol. The van der Waals surface area contributed by atoms with Crippen LogP contribution in [0.2, 0.25) is 0 Å². The molecule has 0 radical (unpaired) electrons. The van der Waals surface area contributed by atoms with Gasteiger partial charge in [-0.1, -0.05) is 60.7 Å². The summed E-state index contributed by atoms with van der Waals surface area (Å²) >= 11 is 0. The van der Waals surface area contributed by atoms with Gasteiger partial charge >= 0.3 is 5.97 Å². The van der Waals surface area contributed by atoms with Crippen molar-refractivity contribution in [3.8, 4) is 16.9 Å². The van der Waals surface area contributed by atoms with E-state index in [1.807, 2.05) is 42.5 Å². The van der Waals surface area contributed by atoms with Crippen LogP contribution in [0.1, 0.15) is 6.92 Å². The number of amides is 1. The van der Waals surface area contributed by atoms with Gasteiger partial charge in [-0.05, 0) is 24.6 Å². The van der Waals surface area contributed by atoms with Gasteiger partial charge in [-0.25, -0.2) is 4.79 Å². The molecule has 0 saturated heterocycles. The number of para-hydroxylation sites is 3. The van der Waals surface area contributed by atoms with E-state index < -0.39 is 29.5 Å². The van der Waals surface area contributed by atoms with Gasteiger partial charge in [0.25, 0.3) is 11.6 Å². The van der Waals surface area contributed by atoms with Crippen LogP contribution in [-0.4, -0.2) is 29.5 Å². The van der Waals surface area contributed by atoms with Gasteiger partial charge in [0, 0.05) is 11.6 Å². The van der Waals surface area contributed by atoms with Gasteiger partial charge in [0.1, 0.15) is 11.4 Å². The zero-order chi connectivity index (χ0) is 22.2. The quantitative estimate of drug-likeness (QED) is 0.332. The van der Waals surface area contributed by atoms with Crippen LogP contribution in [0, 0.1) is 10.1 Å². The van der Waals surface area contributed by atoms with Gasteiger partial charge in [0.05, 0.1) is 4.92 Å². The first-order valence-corrected chi connectivity index (χ1v) is 9.46. The van der Waals surface area contributed by atoms with Crippen molar-refractivity contribution in [3.05, 3.63) is 89.0 Å². The first-order valence-electron chi connectivity index (χ1n) is 9.46. The summed E-state index contributed by atoms with van der Waals surface area (Å²) in [6.45, 7) is 0.979. The highest BCUT2D eigenvalue weighted by atomic mass is 16.6. The molecule has 1 unspecified atom stereocenters. The zero-order valence-corrected chi connectivity index (χ0v) is 16.7. The zero-order valence-electron chi connectivity index (χ0n) is 16.7. The molecule has 0 heterocycles. The summed E-state index contributed by atoms with van der Waals surface area (Å²) < 4.78 is 10.7. The summed E-state index contributed by atoms with van der Waals surface area (Å²) in [5.41, 5.74) is 1.52. The second-order valence-corrected chi connectivity index (χ2v) is 6.55. The number of esters is 1. The van der Waals surface area contributed by atoms with Crippen molar-refractivity contribution >= 4 is 23.3 Å². The summed E-state index contributed by atoms with van der Waals surface area (Å²) in [7, 11) is 0. The van der Waals surface area contributed by atoms with E-state index in [2.05, 4.69) is 5.32 Å². The normalized spacial score (nSPS) is 11.3. The number of anilines is 1. The molecule has 0 spiro atoms. The lowest BCUT2D eigenvalue weighted by Gasteiger charge is -2.15. The molecule has 31 heavy (non-hydrogen) atoms. The number of nitro benzene ring substituents is 1. The lowest BCUT2D eigenvalue weighted by Crippen LogP contribution is -2.31. The number of hydrogen-bond donors (Lipinski definition) is 1. The number of rotatable bonds is 8. The summed E-state index contributed by atoms with van der Waals surface area (Å²) in [4.78, 5) is 34.9. The molecule has 0 saturated carbocycles. The molecule has 1 N–H and O–H groups in total. The van der Waals surface area contributed by atoms with Gasteiger partial charge in [-0.2, -0.15) is 0 Å². The van der Waals surface area contributed by atoms with Crippen molar-refractivity contribution in [2.45, 2.75) is 13.0 Å². The van der Waals surface area contributed by atoms with Crippen LogP contribution < -0.4 is 10.1 Å². The Morgan fingerprint density at radius 2 is 1.61 bits per heavy atom. The second kappa shape index (κ2) is 10.0. The molecule has 1 amide bonds. The highest BCUT2D eigenvalue weighted by molar-refractivity contribution is 5.96. The molecule has 3 rings (SSSR count). The number of ether oxygens (including phenoxy) is 2. The van der Waals surface area contributed by atoms with E-state index in [-0.39, 0.29) is 11.4 Å². The Kier molecular flexibility index (Phi) is 6.95. The van der Waals surface area contributed by atoms with Gasteiger partial charge < -0.3 is 14.8 Å². The van der Waals surface area contributed by atoms with E-state index in [1.165, 1.54) is 25.1 Å². The number of hydrogen-bond acceptors (Lipinski definition) is 6. The molecule has 0 fully saturated rings. The highest BCUT2D eigenvalue weighted by Gasteiger charge is 2.22. The number of benzene rings is 3. The maximum Gasteiger partial charge on any atom is 0.344 e. The molecule has 0 aliphatic carbocycles. The molecule has 8 nitrogen and oxygen atoms in total. The van der Waals surface area contributed by atoms with Gasteiger partial charge in [-0.15, -0.1) is 0 Å². The Morgan fingerprint density at radius 1 is 0.968 bits per heavy atom. The number of nitro groups is 1. The van der Waals surface area contributed by atoms with Crippen LogP contribution in [0.15, 0.2) is 78.9 Å². The lowest BCUT2D eigenvalue weighted by atomic mass is 10.1. The van der Waals surface area contributed by atoms with Crippen molar-refractivity contribution < 1.29 is 24.0 Å². The third kappa shape index (κ3) is 5.66. The molecule has 1 atom stereocenters. The maximum atomic E-state index is 12.3. The Hall–Kier alpha value is -4.20. The Bertz CT molecular complexity index is 1080. The predicted octanol–water partition coefficient (Wildman–Crippen LogP) is 4.21. The minimum atomic E-state index is -1.17. The first-order chi connectivity index (χ1) is 15.0. The van der Waals surface area contributed by atoms with Crippen molar-refractivity contribution in [1.82, 2.24) is 0 Å². The topological polar surface area (TPSA) is 108 Å². The number of carbonyl (C=O) groups excluding carboxylic acids is 2. The molecule has 0 aliphatic heterocycles. The lowest BCUT2D eigenvalue weighted by molar-refractivity contribution is -0.383. The largest absolute Gasteiger partial charge is 0.481 e. The smallest absolute Gasteiger partial charge is 0.344 e. The van der Waals surface area contributed by atoms with Crippen LogP contribution in [0.5, 0.6) is 5.75 Å². The highest BCUT2D eigenvalue weighted by Crippen LogP contribution is 2.29. The second-order valence-electron chi connectivity index (χ2n) is 6.55. The average Bonchev–Trinajstić information content (AvgIpc) is 2.78. The van der Waals surface area contributed by atoms with Crippen molar-refractivity contribution in [2.75, 3.05) is 11.9 Å². The SMILES string of the molecule is CC(OC(=O)COc1ccccc1-c1ccccc1)C(=O)Nc1ccccc1[N+](=O)[O-]. The van der Waals surface area contributed by atoms with E-state index in [0.717, 1.165) is 11.1 Å². The van der Waals surface area contributed by atoms with Crippen LogP contribution >= 0.6 is 0 Å².